The van der Waals surface area contributed by atoms with Gasteiger partial charge in [0.25, 0.3) is 5.91 Å². The van der Waals surface area contributed by atoms with Gasteiger partial charge < -0.3 is 14.2 Å². The summed E-state index contributed by atoms with van der Waals surface area (Å²) in [5, 5.41) is 21.0. The second-order valence-corrected chi connectivity index (χ2v) is 11.0. The largest absolute Gasteiger partial charge is 0.478 e. The fourth-order valence-electron chi connectivity index (χ4n) is 4.43. The Kier molecular flexibility index (Phi) is 6.57. The number of hydrogen-bond acceptors (Lipinski definition) is 4. The lowest BCUT2D eigenvalue weighted by molar-refractivity contribution is -0.120. The molecule has 1 fully saturated rings. The van der Waals surface area contributed by atoms with Crippen molar-refractivity contribution in [2.24, 2.45) is 0 Å². The highest BCUT2D eigenvalue weighted by molar-refractivity contribution is 8.15. The maximum atomic E-state index is 15.5. The van der Waals surface area contributed by atoms with Gasteiger partial charge in [0.2, 0.25) is 0 Å². The number of carboxylic acids is 1. The summed E-state index contributed by atoms with van der Waals surface area (Å²) in [5.74, 6) is -1.86. The molecule has 0 radical (unpaired) electrons. The molecule has 1 atom stereocenters. The van der Waals surface area contributed by atoms with Crippen LogP contribution in [-0.4, -0.2) is 34.2 Å². The molecule has 5 rings (SSSR count). The monoisotopic (exact) mass is 549 g/mol. The van der Waals surface area contributed by atoms with E-state index in [2.05, 4.69) is 0 Å². The zero-order valence-electron chi connectivity index (χ0n) is 20.3. The number of benzene rings is 3. The lowest BCUT2D eigenvalue weighted by Crippen LogP contribution is -2.44. The van der Waals surface area contributed by atoms with Crippen LogP contribution in [0.15, 0.2) is 72.1 Å². The molecule has 0 aliphatic carbocycles. The Morgan fingerprint density at radius 2 is 1.84 bits per heavy atom. The van der Waals surface area contributed by atoms with Gasteiger partial charge >= 0.3 is 5.97 Å². The Hall–Kier alpha value is -3.97. The Morgan fingerprint density at radius 1 is 1.13 bits per heavy atom. The first-order valence-corrected chi connectivity index (χ1v) is 13.1. The molecule has 2 aliphatic rings. The van der Waals surface area contributed by atoms with E-state index in [1.807, 2.05) is 17.6 Å². The summed E-state index contributed by atoms with van der Waals surface area (Å²) in [7, 11) is -0.919. The van der Waals surface area contributed by atoms with Gasteiger partial charge in [-0.25, -0.2) is 9.18 Å². The molecule has 1 N–H and O–H groups in total. The Balaban J connectivity index is 1.62. The number of carboxylic acid groups (broad SMARTS) is 1. The summed E-state index contributed by atoms with van der Waals surface area (Å²) in [5.41, 5.74) is 1.02. The van der Waals surface area contributed by atoms with Crippen molar-refractivity contribution in [1.29, 1.82) is 5.26 Å². The van der Waals surface area contributed by atoms with Gasteiger partial charge in [0.05, 0.1) is 28.4 Å². The third kappa shape index (κ3) is 4.27. The molecule has 0 bridgehead atoms. The minimum absolute atomic E-state index is 0.107. The van der Waals surface area contributed by atoms with Crippen LogP contribution >= 0.6 is 22.4 Å². The Bertz CT molecular complexity index is 1590. The van der Waals surface area contributed by atoms with Crippen molar-refractivity contribution in [3.05, 3.63) is 94.1 Å². The number of carbonyl (C=O) groups is 2. The van der Waals surface area contributed by atoms with E-state index in [-0.39, 0.29) is 22.1 Å². The van der Waals surface area contributed by atoms with Crippen molar-refractivity contribution in [3.63, 3.8) is 0 Å². The van der Waals surface area contributed by atoms with Crippen molar-refractivity contribution in [2.45, 2.75) is 19.4 Å². The molecule has 1 saturated heterocycles. The van der Waals surface area contributed by atoms with Crippen molar-refractivity contribution in [1.82, 2.24) is 0 Å². The average Bonchev–Trinajstić information content (AvgIpc) is 3.49. The quantitative estimate of drug-likeness (QED) is 0.392. The minimum Gasteiger partial charge on any atom is -0.478 e. The third-order valence-corrected chi connectivity index (χ3v) is 8.21. The molecule has 2 aliphatic heterocycles. The molecule has 3 aromatic carbocycles. The van der Waals surface area contributed by atoms with E-state index >= 15 is 4.39 Å². The number of halogens is 2. The van der Waals surface area contributed by atoms with Crippen molar-refractivity contribution in [2.75, 3.05) is 16.4 Å². The van der Waals surface area contributed by atoms with Crippen LogP contribution in [0, 0.1) is 17.1 Å². The maximum absolute atomic E-state index is 15.5. The molecule has 192 valence electrons. The minimum atomic E-state index is -1.11. The van der Waals surface area contributed by atoms with E-state index < -0.39 is 28.1 Å². The number of rotatable bonds is 4. The molecule has 0 aromatic heterocycles. The number of anilines is 2. The van der Waals surface area contributed by atoms with Gasteiger partial charge in [0.15, 0.2) is 5.11 Å². The van der Waals surface area contributed by atoms with Gasteiger partial charge in [-0.1, -0.05) is 23.7 Å². The molecule has 0 saturated carbocycles. The van der Waals surface area contributed by atoms with Crippen LogP contribution in [0.1, 0.15) is 29.8 Å². The van der Waals surface area contributed by atoms with Crippen LogP contribution < -0.4 is 9.80 Å². The predicted molar refractivity (Wildman–Crippen MR) is 147 cm³/mol. The van der Waals surface area contributed by atoms with Gasteiger partial charge in [0.1, 0.15) is 17.4 Å². The van der Waals surface area contributed by atoms with Crippen LogP contribution in [0.25, 0.3) is 11.1 Å². The van der Waals surface area contributed by atoms with Crippen LogP contribution in [0.4, 0.5) is 15.8 Å². The first kappa shape index (κ1) is 25.7. The van der Waals surface area contributed by atoms with E-state index in [0.29, 0.717) is 34.2 Å². The summed E-state index contributed by atoms with van der Waals surface area (Å²) in [6, 6.07) is 17.4. The molecule has 1 unspecified atom stereocenters. The smallest absolute Gasteiger partial charge is 0.335 e. The number of nitriles is 1. The first-order valence-electron chi connectivity index (χ1n) is 11.5. The third-order valence-electron chi connectivity index (χ3n) is 6.34. The van der Waals surface area contributed by atoms with Gasteiger partial charge in [-0.2, -0.15) is 5.26 Å². The Morgan fingerprint density at radius 3 is 2.42 bits per heavy atom. The molecular weight excluding hydrogens is 529 g/mol. The zero-order chi connectivity index (χ0) is 27.2. The number of carbonyl (C=O) groups excluding carboxylic acids is 1. The number of hydrogen-bond donors (Lipinski definition) is 1. The lowest BCUT2D eigenvalue weighted by atomic mass is 10.0. The van der Waals surface area contributed by atoms with Crippen LogP contribution in [0.3, 0.4) is 0 Å². The number of aromatic carboxylic acids is 1. The lowest BCUT2D eigenvalue weighted by Gasteiger charge is -2.31. The molecule has 2 heterocycles. The zero-order valence-corrected chi connectivity index (χ0v) is 21.9. The molecular formula is C28H21ClFN3O4S. The fourth-order valence-corrected chi connectivity index (χ4v) is 6.31. The topological polar surface area (TPSA) is 93.9 Å². The van der Waals surface area contributed by atoms with E-state index in [9.17, 15) is 14.9 Å². The van der Waals surface area contributed by atoms with Crippen molar-refractivity contribution < 1.29 is 23.3 Å². The van der Waals surface area contributed by atoms with Crippen LogP contribution in [0.2, 0.25) is 5.02 Å². The summed E-state index contributed by atoms with van der Waals surface area (Å²) in [6.07, 6.45) is 1.86. The average molecular weight is 550 g/mol. The Labute approximate surface area is 226 Å². The number of nitrogens with zero attached hydrogens (tertiary/aromatic N) is 3. The number of amides is 1. The van der Waals surface area contributed by atoms with Gasteiger partial charge in [-0.15, -0.1) is 0 Å². The maximum Gasteiger partial charge on any atom is 0.335 e. The van der Waals surface area contributed by atoms with Gasteiger partial charge in [0, 0.05) is 22.0 Å². The van der Waals surface area contributed by atoms with Gasteiger partial charge in [-0.3, -0.25) is 9.69 Å². The van der Waals surface area contributed by atoms with E-state index in [4.69, 9.17) is 20.9 Å². The first-order chi connectivity index (χ1) is 18.1. The standard InChI is InChI=1S/C28H21ClFN3O4S/c1-28(2)26(36)32(20-9-8-19(16-31)23(29)14-20)27(38-13-3-12-37-38)33(28)21-10-11-22(24(30)15-21)17-4-6-18(7-5-17)25(34)35/h3-11,13-15H,12H2,1-2H3,(H,34,35). The molecule has 0 spiro atoms. The SMILES string of the molecule is CC1(C)C(=O)N(c2ccc(C#N)c(Cl)c2)C(=S2C=CCO2)N1c1ccc(-c2ccc(C(=O)O)cc2)c(F)c1. The highest BCUT2D eigenvalue weighted by Gasteiger charge is 2.51. The molecule has 7 nitrogen and oxygen atoms in total. The summed E-state index contributed by atoms with van der Waals surface area (Å²) in [4.78, 5) is 28.3. The fraction of sp³-hybridized carbons (Fsp3) is 0.143. The van der Waals surface area contributed by atoms with E-state index in [1.54, 1.807) is 61.2 Å². The van der Waals surface area contributed by atoms with Crippen LogP contribution in [-0.2, 0) is 8.98 Å². The van der Waals surface area contributed by atoms with E-state index in [1.165, 1.54) is 23.1 Å². The molecule has 1 amide bonds. The highest BCUT2D eigenvalue weighted by Crippen LogP contribution is 2.43. The second-order valence-electron chi connectivity index (χ2n) is 9.09. The molecule has 3 aromatic rings. The van der Waals surface area contributed by atoms with Gasteiger partial charge in [-0.05, 0) is 79.4 Å². The normalized spacial score (nSPS) is 19.2. The van der Waals surface area contributed by atoms with E-state index in [0.717, 1.165) is 0 Å². The molecule has 38 heavy (non-hydrogen) atoms. The van der Waals surface area contributed by atoms with Crippen molar-refractivity contribution >= 4 is 50.7 Å². The van der Waals surface area contributed by atoms with Crippen LogP contribution in [0.5, 0.6) is 0 Å². The highest BCUT2D eigenvalue weighted by atomic mass is 35.5. The summed E-state index contributed by atoms with van der Waals surface area (Å²) in [6.45, 7) is 3.87. The van der Waals surface area contributed by atoms with Crippen molar-refractivity contribution in [3.8, 4) is 17.2 Å². The predicted octanol–water partition coefficient (Wildman–Crippen LogP) is 6.16. The summed E-state index contributed by atoms with van der Waals surface area (Å²) >= 11 is 6.30. The second kappa shape index (κ2) is 9.72. The molecule has 10 heteroatoms. The summed E-state index contributed by atoms with van der Waals surface area (Å²) < 4.78 is 21.4.